The van der Waals surface area contributed by atoms with Gasteiger partial charge in [0.15, 0.2) is 0 Å². The molecule has 3 nitrogen and oxygen atoms in total. The van der Waals surface area contributed by atoms with Gasteiger partial charge in [0.05, 0.1) is 5.57 Å². The lowest BCUT2D eigenvalue weighted by molar-refractivity contribution is -0.118. The summed E-state index contributed by atoms with van der Waals surface area (Å²) in [7, 11) is 0. The third-order valence-corrected chi connectivity index (χ3v) is 3.20. The van der Waals surface area contributed by atoms with Crippen LogP contribution in [-0.2, 0) is 4.79 Å². The van der Waals surface area contributed by atoms with E-state index in [-0.39, 0.29) is 11.9 Å². The average Bonchev–Trinajstić information content (AvgIpc) is 2.37. The van der Waals surface area contributed by atoms with Gasteiger partial charge in [0, 0.05) is 16.6 Å². The number of benzene rings is 1. The van der Waals surface area contributed by atoms with Gasteiger partial charge in [0.1, 0.15) is 12.4 Å². The Kier molecular flexibility index (Phi) is 3.92. The van der Waals surface area contributed by atoms with Crippen molar-refractivity contribution in [2.75, 3.05) is 6.61 Å². The minimum Gasteiger partial charge on any atom is -0.488 e. The molecule has 0 aromatic heterocycles. The summed E-state index contributed by atoms with van der Waals surface area (Å²) in [5, 5.41) is 3.56. The van der Waals surface area contributed by atoms with Crippen LogP contribution in [0.5, 0.6) is 5.75 Å². The van der Waals surface area contributed by atoms with Gasteiger partial charge in [0.25, 0.3) is 5.91 Å². The van der Waals surface area contributed by atoms with Gasteiger partial charge in [-0.2, -0.15) is 0 Å². The van der Waals surface area contributed by atoms with Gasteiger partial charge >= 0.3 is 0 Å². The third-order valence-electron chi connectivity index (χ3n) is 2.97. The molecule has 4 heteroatoms. The van der Waals surface area contributed by atoms with Crippen LogP contribution in [0.2, 0.25) is 5.02 Å². The van der Waals surface area contributed by atoms with Crippen LogP contribution >= 0.6 is 11.6 Å². The van der Waals surface area contributed by atoms with Crippen molar-refractivity contribution in [3.8, 4) is 5.75 Å². The monoisotopic (exact) mass is 265 g/mol. The Morgan fingerprint density at radius 3 is 3.06 bits per heavy atom. The summed E-state index contributed by atoms with van der Waals surface area (Å²) in [5.74, 6) is 0.689. The number of amides is 1. The Balaban J connectivity index is 2.19. The van der Waals surface area contributed by atoms with Gasteiger partial charge in [-0.1, -0.05) is 18.5 Å². The minimum atomic E-state index is -0.0741. The fraction of sp³-hybridized carbons (Fsp3) is 0.357. The summed E-state index contributed by atoms with van der Waals surface area (Å²) in [6.07, 6.45) is 2.74. The Morgan fingerprint density at radius 2 is 2.33 bits per heavy atom. The molecule has 1 aliphatic heterocycles. The molecule has 0 spiro atoms. The summed E-state index contributed by atoms with van der Waals surface area (Å²) in [5.41, 5.74) is 1.48. The van der Waals surface area contributed by atoms with Crippen molar-refractivity contribution < 1.29 is 9.53 Å². The second-order valence-electron chi connectivity index (χ2n) is 4.42. The van der Waals surface area contributed by atoms with Crippen molar-refractivity contribution in [3.63, 3.8) is 0 Å². The fourth-order valence-electron chi connectivity index (χ4n) is 1.70. The molecule has 96 valence electrons. The largest absolute Gasteiger partial charge is 0.488 e. The number of halogens is 1. The molecule has 1 aromatic rings. The second kappa shape index (κ2) is 5.44. The molecular formula is C14H16ClNO2. The maximum Gasteiger partial charge on any atom is 0.250 e. The molecule has 0 radical (unpaired) electrons. The SMILES string of the molecule is CCC(C)NC(=O)C1=Cc2cc(Cl)ccc2OC1. The lowest BCUT2D eigenvalue weighted by Gasteiger charge is -2.19. The number of nitrogens with one attached hydrogen (secondary N) is 1. The van der Waals surface area contributed by atoms with Gasteiger partial charge in [-0.3, -0.25) is 4.79 Å². The third kappa shape index (κ3) is 2.85. The molecule has 2 rings (SSSR count). The van der Waals surface area contributed by atoms with Crippen molar-refractivity contribution in [2.24, 2.45) is 0 Å². The minimum absolute atomic E-state index is 0.0741. The van der Waals surface area contributed by atoms with E-state index in [0.717, 1.165) is 17.7 Å². The van der Waals surface area contributed by atoms with Gasteiger partial charge < -0.3 is 10.1 Å². The van der Waals surface area contributed by atoms with Gasteiger partial charge in [-0.25, -0.2) is 0 Å². The summed E-state index contributed by atoms with van der Waals surface area (Å²) in [4.78, 5) is 12.0. The van der Waals surface area contributed by atoms with Gasteiger partial charge in [0.2, 0.25) is 0 Å². The number of ether oxygens (including phenoxy) is 1. The first-order valence-corrected chi connectivity index (χ1v) is 6.41. The van der Waals surface area contributed by atoms with Crippen LogP contribution in [0.15, 0.2) is 23.8 Å². The molecule has 18 heavy (non-hydrogen) atoms. The van der Waals surface area contributed by atoms with E-state index in [1.165, 1.54) is 0 Å². The number of hydrogen-bond acceptors (Lipinski definition) is 2. The lowest BCUT2D eigenvalue weighted by Crippen LogP contribution is -2.35. The van der Waals surface area contributed by atoms with Crippen LogP contribution in [0.25, 0.3) is 6.08 Å². The molecule has 1 aromatic carbocycles. The molecule has 1 atom stereocenters. The molecule has 0 fully saturated rings. The number of hydrogen-bond donors (Lipinski definition) is 1. The van der Waals surface area contributed by atoms with Crippen LogP contribution in [-0.4, -0.2) is 18.6 Å². The first-order chi connectivity index (χ1) is 8.60. The molecule has 0 saturated heterocycles. The highest BCUT2D eigenvalue weighted by molar-refractivity contribution is 6.30. The van der Waals surface area contributed by atoms with Crippen LogP contribution in [0.3, 0.4) is 0 Å². The van der Waals surface area contributed by atoms with E-state index >= 15 is 0 Å². The van der Waals surface area contributed by atoms with E-state index in [0.29, 0.717) is 17.2 Å². The maximum absolute atomic E-state index is 12.0. The van der Waals surface area contributed by atoms with E-state index in [1.807, 2.05) is 26.0 Å². The number of carbonyl (C=O) groups excluding carboxylic acids is 1. The Hall–Kier alpha value is -1.48. The summed E-state index contributed by atoms with van der Waals surface area (Å²) < 4.78 is 5.54. The van der Waals surface area contributed by atoms with Crippen LogP contribution in [0.1, 0.15) is 25.8 Å². The zero-order valence-electron chi connectivity index (χ0n) is 10.5. The van der Waals surface area contributed by atoms with E-state index < -0.39 is 0 Å². The summed E-state index contributed by atoms with van der Waals surface area (Å²) in [6, 6.07) is 5.56. The van der Waals surface area contributed by atoms with Crippen LogP contribution < -0.4 is 10.1 Å². The first-order valence-electron chi connectivity index (χ1n) is 6.04. The number of carbonyl (C=O) groups is 1. The van der Waals surface area contributed by atoms with Crippen molar-refractivity contribution in [2.45, 2.75) is 26.3 Å². The lowest BCUT2D eigenvalue weighted by atomic mass is 10.1. The molecule has 1 N–H and O–H groups in total. The van der Waals surface area contributed by atoms with E-state index in [4.69, 9.17) is 16.3 Å². The molecule has 1 unspecified atom stereocenters. The van der Waals surface area contributed by atoms with Crippen molar-refractivity contribution >= 4 is 23.6 Å². The van der Waals surface area contributed by atoms with E-state index in [2.05, 4.69) is 5.32 Å². The van der Waals surface area contributed by atoms with Gasteiger partial charge in [-0.15, -0.1) is 0 Å². The fourth-order valence-corrected chi connectivity index (χ4v) is 1.88. The predicted molar refractivity (Wildman–Crippen MR) is 72.8 cm³/mol. The Morgan fingerprint density at radius 1 is 1.56 bits per heavy atom. The van der Waals surface area contributed by atoms with Gasteiger partial charge in [-0.05, 0) is 37.6 Å². The molecule has 1 amide bonds. The number of rotatable bonds is 3. The van der Waals surface area contributed by atoms with Crippen LogP contribution in [0.4, 0.5) is 0 Å². The highest BCUT2D eigenvalue weighted by atomic mass is 35.5. The first kappa shape index (κ1) is 13.0. The highest BCUT2D eigenvalue weighted by Crippen LogP contribution is 2.28. The normalized spacial score (nSPS) is 15.2. The maximum atomic E-state index is 12.0. The molecule has 0 aliphatic carbocycles. The van der Waals surface area contributed by atoms with Crippen LogP contribution in [0, 0.1) is 0 Å². The summed E-state index contributed by atoms with van der Waals surface area (Å²) >= 11 is 5.93. The van der Waals surface area contributed by atoms with E-state index in [1.54, 1.807) is 12.1 Å². The smallest absolute Gasteiger partial charge is 0.250 e. The molecule has 0 bridgehead atoms. The topological polar surface area (TPSA) is 38.3 Å². The Bertz CT molecular complexity index is 497. The zero-order valence-corrected chi connectivity index (χ0v) is 11.3. The standard InChI is InChI=1S/C14H16ClNO2/c1-3-9(2)16-14(17)11-6-10-7-12(15)4-5-13(10)18-8-11/h4-7,9H,3,8H2,1-2H3,(H,16,17). The predicted octanol–water partition coefficient (Wildman–Crippen LogP) is 3.03. The highest BCUT2D eigenvalue weighted by Gasteiger charge is 2.18. The number of fused-ring (bicyclic) bond motifs is 1. The summed E-state index contributed by atoms with van der Waals surface area (Å²) in [6.45, 7) is 4.32. The zero-order chi connectivity index (χ0) is 13.1. The molecule has 1 heterocycles. The van der Waals surface area contributed by atoms with Crippen molar-refractivity contribution in [3.05, 3.63) is 34.4 Å². The molecule has 1 aliphatic rings. The van der Waals surface area contributed by atoms with Crippen molar-refractivity contribution in [1.82, 2.24) is 5.32 Å². The second-order valence-corrected chi connectivity index (χ2v) is 4.86. The quantitative estimate of drug-likeness (QED) is 0.912. The molecular weight excluding hydrogens is 250 g/mol. The Labute approximate surface area is 112 Å². The molecule has 0 saturated carbocycles. The van der Waals surface area contributed by atoms with E-state index in [9.17, 15) is 4.79 Å². The van der Waals surface area contributed by atoms with Crippen molar-refractivity contribution in [1.29, 1.82) is 0 Å². The average molecular weight is 266 g/mol.